The van der Waals surface area contributed by atoms with Crippen molar-refractivity contribution in [2.45, 2.75) is 229 Å². The lowest BCUT2D eigenvalue weighted by Crippen LogP contribution is -2.61. The Morgan fingerprint density at radius 3 is 1.49 bits per heavy atom. The average Bonchev–Trinajstić information content (AvgIpc) is 3.30. The van der Waals surface area contributed by atoms with Crippen LogP contribution >= 0.6 is 0 Å². The van der Waals surface area contributed by atoms with E-state index in [1.54, 1.807) is 0 Å². The number of ether oxygens (including phenoxy) is 6. The summed E-state index contributed by atoms with van der Waals surface area (Å²) in [5.74, 6) is -0.997. The molecule has 376 valence electrons. The fourth-order valence-electron chi connectivity index (χ4n) is 7.44. The van der Waals surface area contributed by atoms with E-state index in [1.165, 1.54) is 64.2 Å². The zero-order valence-electron chi connectivity index (χ0n) is 39.5. The predicted octanol–water partition coefficient (Wildman–Crippen LogP) is 6.32. The molecule has 0 amide bonds. The Kier molecular flexibility index (Phi) is 33.7. The molecule has 15 heteroatoms. The molecule has 0 radical (unpaired) electrons. The summed E-state index contributed by atoms with van der Waals surface area (Å²) in [4.78, 5) is 25.6. The van der Waals surface area contributed by atoms with Gasteiger partial charge in [0.15, 0.2) is 18.7 Å². The van der Waals surface area contributed by atoms with E-state index in [9.17, 15) is 45.3 Å². The molecular formula is C50H86O15. The molecule has 0 aliphatic carbocycles. The zero-order chi connectivity index (χ0) is 47.5. The van der Waals surface area contributed by atoms with E-state index in [0.29, 0.717) is 19.3 Å². The molecule has 0 bridgehead atoms. The summed E-state index contributed by atoms with van der Waals surface area (Å²) in [6.07, 6.45) is 23.2. The Morgan fingerprint density at radius 1 is 0.492 bits per heavy atom. The third kappa shape index (κ3) is 26.0. The van der Waals surface area contributed by atoms with Gasteiger partial charge in [-0.3, -0.25) is 9.59 Å². The molecule has 11 atom stereocenters. The first kappa shape index (κ1) is 58.6. The lowest BCUT2D eigenvalue weighted by Gasteiger charge is -2.42. The number of unbranched alkanes of at least 4 members (excludes halogenated alkanes) is 15. The molecule has 4 unspecified atom stereocenters. The van der Waals surface area contributed by atoms with Gasteiger partial charge in [-0.1, -0.05) is 146 Å². The van der Waals surface area contributed by atoms with Crippen LogP contribution in [0.3, 0.4) is 0 Å². The molecule has 2 aliphatic rings. The van der Waals surface area contributed by atoms with Crippen LogP contribution in [0.5, 0.6) is 0 Å². The second-order valence-electron chi connectivity index (χ2n) is 17.3. The highest BCUT2D eigenvalue weighted by Crippen LogP contribution is 2.26. The number of allylic oxidation sites excluding steroid dienone is 8. The summed E-state index contributed by atoms with van der Waals surface area (Å²) in [6, 6.07) is 0. The molecule has 2 rings (SSSR count). The van der Waals surface area contributed by atoms with Crippen molar-refractivity contribution >= 4 is 11.9 Å². The second-order valence-corrected chi connectivity index (χ2v) is 17.3. The number of hydrogen-bond acceptors (Lipinski definition) is 15. The van der Waals surface area contributed by atoms with E-state index in [1.807, 2.05) is 6.08 Å². The number of carbonyl (C=O) groups is 2. The first-order valence-electron chi connectivity index (χ1n) is 24.7. The third-order valence-electron chi connectivity index (χ3n) is 11.6. The molecule has 15 nitrogen and oxygen atoms in total. The number of carbonyl (C=O) groups excluding carboxylic acids is 2. The molecule has 0 aromatic rings. The molecule has 0 spiro atoms. The molecule has 65 heavy (non-hydrogen) atoms. The minimum atomic E-state index is -1.77. The standard InChI is InChI=1S/C50H86O15/c1-3-5-7-9-11-13-14-15-16-17-18-19-20-21-22-23-24-25-27-28-30-32-41(52)60-35-38(63-42(53)33-31-29-26-12-10-8-6-4-2)36-61-49-48(59)46(57)44(55)40(65-49)37-62-50-47(58)45(56)43(54)39(34-51)64-50/h16-17,19-20,22-23,25,27,38-40,43-51,54-59H,3-15,18,21,24,26,28-37H2,1-2H3/b17-16+,20-19+,23-22+,27-25+/t38-,39+,40+,43-,44-,45?,46?,47?,48?,49+,50+/m0/s1. The molecular weight excluding hydrogens is 841 g/mol. The first-order valence-corrected chi connectivity index (χ1v) is 24.7. The Bertz CT molecular complexity index is 1320. The molecule has 0 saturated carbocycles. The molecule has 7 N–H and O–H groups in total. The number of aliphatic hydroxyl groups is 7. The van der Waals surface area contributed by atoms with Gasteiger partial charge in [-0.05, 0) is 51.4 Å². The monoisotopic (exact) mass is 927 g/mol. The highest BCUT2D eigenvalue weighted by Gasteiger charge is 2.47. The quantitative estimate of drug-likeness (QED) is 0.0205. The van der Waals surface area contributed by atoms with Crippen molar-refractivity contribution in [1.82, 2.24) is 0 Å². The zero-order valence-corrected chi connectivity index (χ0v) is 39.5. The maximum Gasteiger partial charge on any atom is 0.306 e. The highest BCUT2D eigenvalue weighted by atomic mass is 16.7. The summed E-state index contributed by atoms with van der Waals surface area (Å²) in [6.45, 7) is 2.47. The van der Waals surface area contributed by atoms with E-state index < -0.39 is 99.3 Å². The van der Waals surface area contributed by atoms with Crippen molar-refractivity contribution in [1.29, 1.82) is 0 Å². The van der Waals surface area contributed by atoms with Crippen molar-refractivity contribution in [3.05, 3.63) is 48.6 Å². The average molecular weight is 927 g/mol. The van der Waals surface area contributed by atoms with Crippen LogP contribution in [0.4, 0.5) is 0 Å². The van der Waals surface area contributed by atoms with Gasteiger partial charge in [0, 0.05) is 12.8 Å². The Labute approximate surface area is 388 Å². The second kappa shape index (κ2) is 37.4. The molecule has 2 heterocycles. The van der Waals surface area contributed by atoms with Crippen LogP contribution < -0.4 is 0 Å². The van der Waals surface area contributed by atoms with Crippen molar-refractivity contribution in [2.24, 2.45) is 0 Å². The summed E-state index contributed by atoms with van der Waals surface area (Å²) >= 11 is 0. The van der Waals surface area contributed by atoms with Gasteiger partial charge in [-0.2, -0.15) is 0 Å². The minimum absolute atomic E-state index is 0.142. The van der Waals surface area contributed by atoms with Crippen LogP contribution in [-0.2, 0) is 38.0 Å². The van der Waals surface area contributed by atoms with Gasteiger partial charge in [-0.15, -0.1) is 0 Å². The lowest BCUT2D eigenvalue weighted by molar-refractivity contribution is -0.332. The van der Waals surface area contributed by atoms with Crippen LogP contribution in [0.15, 0.2) is 48.6 Å². The van der Waals surface area contributed by atoms with Crippen LogP contribution in [0.1, 0.15) is 162 Å². The smallest absolute Gasteiger partial charge is 0.306 e. The summed E-state index contributed by atoms with van der Waals surface area (Å²) < 4.78 is 33.4. The van der Waals surface area contributed by atoms with Crippen LogP contribution in [0.25, 0.3) is 0 Å². The number of esters is 2. The van der Waals surface area contributed by atoms with Crippen molar-refractivity contribution in [3.8, 4) is 0 Å². The van der Waals surface area contributed by atoms with Crippen LogP contribution in [0.2, 0.25) is 0 Å². The van der Waals surface area contributed by atoms with Gasteiger partial charge >= 0.3 is 11.9 Å². The predicted molar refractivity (Wildman–Crippen MR) is 247 cm³/mol. The van der Waals surface area contributed by atoms with Gasteiger partial charge in [-0.25, -0.2) is 0 Å². The largest absolute Gasteiger partial charge is 0.462 e. The summed E-state index contributed by atoms with van der Waals surface area (Å²) in [5.41, 5.74) is 0. The Morgan fingerprint density at radius 2 is 0.938 bits per heavy atom. The topological polar surface area (TPSA) is 231 Å². The molecule has 0 aromatic carbocycles. The molecule has 0 aromatic heterocycles. The minimum Gasteiger partial charge on any atom is -0.462 e. The van der Waals surface area contributed by atoms with Gasteiger partial charge in [0.05, 0.1) is 19.8 Å². The molecule has 2 fully saturated rings. The van der Waals surface area contributed by atoms with Gasteiger partial charge in [0.2, 0.25) is 0 Å². The Balaban J connectivity index is 1.79. The van der Waals surface area contributed by atoms with Crippen molar-refractivity contribution in [3.63, 3.8) is 0 Å². The van der Waals surface area contributed by atoms with E-state index in [4.69, 9.17) is 28.4 Å². The fourth-order valence-corrected chi connectivity index (χ4v) is 7.44. The maximum absolute atomic E-state index is 12.9. The van der Waals surface area contributed by atoms with Gasteiger partial charge in [0.1, 0.15) is 55.4 Å². The molecule has 2 saturated heterocycles. The SMILES string of the molecule is CCCCCCCCC/C=C/C/C=C/C/C=C/C/C=C/CCCC(=O)OC[C@@H](CO[C@@H]1O[C@H](CO[C@@H]2O[C@H](CO)[C@H](O)C(O)C2O)[C@H](O)C(O)C1O)OC(=O)CCCCCCCCCC. The van der Waals surface area contributed by atoms with Crippen molar-refractivity contribution in [2.75, 3.05) is 26.4 Å². The first-order chi connectivity index (χ1) is 31.5. The number of rotatable bonds is 37. The van der Waals surface area contributed by atoms with Gasteiger partial charge in [0.25, 0.3) is 0 Å². The number of aliphatic hydroxyl groups excluding tert-OH is 7. The van der Waals surface area contributed by atoms with E-state index in [2.05, 4.69) is 56.4 Å². The van der Waals surface area contributed by atoms with E-state index in [0.717, 1.165) is 51.4 Å². The van der Waals surface area contributed by atoms with E-state index in [-0.39, 0.29) is 19.4 Å². The normalized spacial score (nSPS) is 26.8. The number of hydrogen-bond donors (Lipinski definition) is 7. The fraction of sp³-hybridized carbons (Fsp3) is 0.800. The van der Waals surface area contributed by atoms with Crippen LogP contribution in [-0.4, -0.2) is 142 Å². The maximum atomic E-state index is 12.9. The lowest BCUT2D eigenvalue weighted by atomic mass is 9.98. The van der Waals surface area contributed by atoms with Gasteiger partial charge < -0.3 is 64.2 Å². The molecule has 2 aliphatic heterocycles. The van der Waals surface area contributed by atoms with Crippen molar-refractivity contribution < 1.29 is 73.8 Å². The highest BCUT2D eigenvalue weighted by molar-refractivity contribution is 5.70. The summed E-state index contributed by atoms with van der Waals surface area (Å²) in [5, 5.41) is 71.8. The summed E-state index contributed by atoms with van der Waals surface area (Å²) in [7, 11) is 0. The van der Waals surface area contributed by atoms with Crippen LogP contribution in [0, 0.1) is 0 Å². The third-order valence-corrected chi connectivity index (χ3v) is 11.6. The van der Waals surface area contributed by atoms with E-state index >= 15 is 0 Å². The Hall–Kier alpha value is -2.54.